The summed E-state index contributed by atoms with van der Waals surface area (Å²) in [6.07, 6.45) is 5.64. The van der Waals surface area contributed by atoms with E-state index in [2.05, 4.69) is 47.5 Å². The number of piperazine rings is 1. The molecule has 0 aromatic heterocycles. The monoisotopic (exact) mass is 244 g/mol. The molecule has 2 heteroatoms. The van der Waals surface area contributed by atoms with Crippen LogP contribution in [0.25, 0.3) is 0 Å². The summed E-state index contributed by atoms with van der Waals surface area (Å²) in [6, 6.07) is 13.0. The lowest BCUT2D eigenvalue weighted by atomic mass is 9.98. The fraction of sp³-hybridized carbons (Fsp3) is 0.625. The number of hydrogen-bond donors (Lipinski definition) is 1. The van der Waals surface area contributed by atoms with Crippen LogP contribution in [0, 0.1) is 0 Å². The summed E-state index contributed by atoms with van der Waals surface area (Å²) in [5.74, 6) is 0. The van der Waals surface area contributed by atoms with Gasteiger partial charge in [0.2, 0.25) is 0 Å². The van der Waals surface area contributed by atoms with E-state index in [1.807, 2.05) is 0 Å². The lowest BCUT2D eigenvalue weighted by Gasteiger charge is -2.43. The Kier molecular flexibility index (Phi) is 3.67. The minimum absolute atomic E-state index is 0.575. The van der Waals surface area contributed by atoms with Crippen LogP contribution in [0.2, 0.25) is 0 Å². The summed E-state index contributed by atoms with van der Waals surface area (Å²) in [5, 5.41) is 3.64. The third-order valence-electron chi connectivity index (χ3n) is 4.52. The molecule has 2 fully saturated rings. The maximum absolute atomic E-state index is 3.64. The van der Waals surface area contributed by atoms with Crippen molar-refractivity contribution in [1.82, 2.24) is 10.2 Å². The van der Waals surface area contributed by atoms with Gasteiger partial charge in [0.15, 0.2) is 0 Å². The molecule has 0 spiro atoms. The van der Waals surface area contributed by atoms with Crippen molar-refractivity contribution in [3.8, 4) is 0 Å². The number of benzene rings is 1. The van der Waals surface area contributed by atoms with E-state index in [0.29, 0.717) is 12.1 Å². The molecule has 0 amide bonds. The molecule has 1 saturated heterocycles. The van der Waals surface area contributed by atoms with Crippen LogP contribution < -0.4 is 5.32 Å². The van der Waals surface area contributed by atoms with E-state index < -0.39 is 0 Å². The first-order valence-corrected chi connectivity index (χ1v) is 7.38. The Morgan fingerprint density at radius 2 is 1.83 bits per heavy atom. The molecule has 1 N–H and O–H groups in total. The third kappa shape index (κ3) is 2.45. The topological polar surface area (TPSA) is 15.3 Å². The fourth-order valence-electron chi connectivity index (χ4n) is 3.56. The van der Waals surface area contributed by atoms with Crippen LogP contribution in [0.1, 0.15) is 44.2 Å². The quantitative estimate of drug-likeness (QED) is 0.860. The highest BCUT2D eigenvalue weighted by molar-refractivity contribution is 5.20. The molecule has 1 aromatic rings. The number of hydrogen-bond acceptors (Lipinski definition) is 2. The fourth-order valence-corrected chi connectivity index (χ4v) is 3.56. The Balaban J connectivity index is 1.81. The van der Waals surface area contributed by atoms with E-state index in [0.717, 1.165) is 12.6 Å². The highest BCUT2D eigenvalue weighted by Gasteiger charge is 2.33. The van der Waals surface area contributed by atoms with Gasteiger partial charge >= 0.3 is 0 Å². The Hall–Kier alpha value is -0.860. The van der Waals surface area contributed by atoms with Crippen molar-refractivity contribution in [1.29, 1.82) is 0 Å². The molecule has 2 atom stereocenters. The minimum atomic E-state index is 0.575. The summed E-state index contributed by atoms with van der Waals surface area (Å²) in [4.78, 5) is 2.77. The summed E-state index contributed by atoms with van der Waals surface area (Å²) in [6.45, 7) is 4.61. The normalized spacial score (nSPS) is 30.7. The standard InChI is InChI=1S/C16H24N2/c1-13-12-18(15-9-5-6-10-15)16(11-17-13)14-7-3-2-4-8-14/h2-4,7-8,13,15-17H,5-6,9-12H2,1H3. The zero-order chi connectivity index (χ0) is 12.4. The van der Waals surface area contributed by atoms with Gasteiger partial charge in [0.1, 0.15) is 0 Å². The average molecular weight is 244 g/mol. The van der Waals surface area contributed by atoms with Crippen molar-refractivity contribution in [3.05, 3.63) is 35.9 Å². The summed E-state index contributed by atoms with van der Waals surface area (Å²) >= 11 is 0. The molecule has 2 unspecified atom stereocenters. The third-order valence-corrected chi connectivity index (χ3v) is 4.52. The van der Waals surface area contributed by atoms with Gasteiger partial charge in [-0.15, -0.1) is 0 Å². The second kappa shape index (κ2) is 5.41. The van der Waals surface area contributed by atoms with Gasteiger partial charge in [-0.3, -0.25) is 4.90 Å². The van der Waals surface area contributed by atoms with Crippen LogP contribution in [0.5, 0.6) is 0 Å². The molecule has 3 rings (SSSR count). The van der Waals surface area contributed by atoms with Crippen LogP contribution in [0.3, 0.4) is 0 Å². The molecular weight excluding hydrogens is 220 g/mol. The molecule has 1 aliphatic carbocycles. The molecule has 2 nitrogen and oxygen atoms in total. The highest BCUT2D eigenvalue weighted by Crippen LogP contribution is 2.32. The first-order chi connectivity index (χ1) is 8.84. The van der Waals surface area contributed by atoms with Crippen molar-refractivity contribution in [2.45, 2.75) is 50.7 Å². The Morgan fingerprint density at radius 1 is 1.11 bits per heavy atom. The Bertz CT molecular complexity index is 370. The number of rotatable bonds is 2. The van der Waals surface area contributed by atoms with Gasteiger partial charge in [0, 0.05) is 31.2 Å². The summed E-state index contributed by atoms with van der Waals surface area (Å²) in [5.41, 5.74) is 1.48. The minimum Gasteiger partial charge on any atom is -0.311 e. The zero-order valence-corrected chi connectivity index (χ0v) is 11.3. The molecule has 1 aromatic carbocycles. The zero-order valence-electron chi connectivity index (χ0n) is 11.3. The summed E-state index contributed by atoms with van der Waals surface area (Å²) < 4.78 is 0. The maximum atomic E-state index is 3.64. The van der Waals surface area contributed by atoms with Gasteiger partial charge in [0.05, 0.1) is 0 Å². The molecule has 1 saturated carbocycles. The van der Waals surface area contributed by atoms with E-state index in [9.17, 15) is 0 Å². The Morgan fingerprint density at radius 3 is 2.56 bits per heavy atom. The predicted octanol–water partition coefficient (Wildman–Crippen LogP) is 2.96. The molecule has 1 heterocycles. The molecule has 1 aliphatic heterocycles. The second-order valence-electron chi connectivity index (χ2n) is 5.87. The molecule has 0 bridgehead atoms. The maximum Gasteiger partial charge on any atom is 0.0476 e. The van der Waals surface area contributed by atoms with Crippen molar-refractivity contribution >= 4 is 0 Å². The van der Waals surface area contributed by atoms with Crippen LogP contribution in [0.4, 0.5) is 0 Å². The molecule has 0 radical (unpaired) electrons. The average Bonchev–Trinajstić information content (AvgIpc) is 2.93. The number of nitrogens with one attached hydrogen (secondary N) is 1. The number of nitrogens with zero attached hydrogens (tertiary/aromatic N) is 1. The first-order valence-electron chi connectivity index (χ1n) is 7.38. The van der Waals surface area contributed by atoms with Gasteiger partial charge in [-0.2, -0.15) is 0 Å². The van der Waals surface area contributed by atoms with Crippen LogP contribution in [0.15, 0.2) is 30.3 Å². The van der Waals surface area contributed by atoms with Crippen molar-refractivity contribution in [2.24, 2.45) is 0 Å². The van der Waals surface area contributed by atoms with Crippen LogP contribution in [-0.2, 0) is 0 Å². The molecule has 98 valence electrons. The van der Waals surface area contributed by atoms with Gasteiger partial charge in [-0.25, -0.2) is 0 Å². The highest BCUT2D eigenvalue weighted by atomic mass is 15.3. The lowest BCUT2D eigenvalue weighted by Crippen LogP contribution is -2.53. The second-order valence-corrected chi connectivity index (χ2v) is 5.87. The predicted molar refractivity (Wildman–Crippen MR) is 75.6 cm³/mol. The van der Waals surface area contributed by atoms with E-state index in [-0.39, 0.29) is 0 Å². The first kappa shape index (κ1) is 12.2. The van der Waals surface area contributed by atoms with Gasteiger partial charge in [-0.05, 0) is 25.3 Å². The smallest absolute Gasteiger partial charge is 0.0476 e. The van der Waals surface area contributed by atoms with Crippen LogP contribution in [-0.4, -0.2) is 30.1 Å². The molecule has 18 heavy (non-hydrogen) atoms. The van der Waals surface area contributed by atoms with Gasteiger partial charge < -0.3 is 5.32 Å². The van der Waals surface area contributed by atoms with Gasteiger partial charge in [0.25, 0.3) is 0 Å². The van der Waals surface area contributed by atoms with E-state index in [1.54, 1.807) is 0 Å². The van der Waals surface area contributed by atoms with E-state index in [4.69, 9.17) is 0 Å². The van der Waals surface area contributed by atoms with Crippen molar-refractivity contribution < 1.29 is 0 Å². The lowest BCUT2D eigenvalue weighted by molar-refractivity contribution is 0.0874. The Labute approximate surface area is 110 Å². The largest absolute Gasteiger partial charge is 0.311 e. The van der Waals surface area contributed by atoms with Crippen molar-refractivity contribution in [2.75, 3.05) is 13.1 Å². The van der Waals surface area contributed by atoms with Gasteiger partial charge in [-0.1, -0.05) is 43.2 Å². The van der Waals surface area contributed by atoms with Crippen molar-refractivity contribution in [3.63, 3.8) is 0 Å². The summed E-state index contributed by atoms with van der Waals surface area (Å²) in [7, 11) is 0. The van der Waals surface area contributed by atoms with E-state index >= 15 is 0 Å². The SMILES string of the molecule is CC1CN(C2CCCC2)C(c2ccccc2)CN1. The van der Waals surface area contributed by atoms with Crippen LogP contribution >= 0.6 is 0 Å². The molecular formula is C16H24N2. The molecule has 2 aliphatic rings. The van der Waals surface area contributed by atoms with E-state index in [1.165, 1.54) is 37.8 Å².